The number of fused-ring (bicyclic) bond motifs is 1. The fourth-order valence-corrected chi connectivity index (χ4v) is 5.51. The minimum Gasteiger partial charge on any atom is -0.336 e. The number of rotatable bonds is 5. The van der Waals surface area contributed by atoms with Crippen LogP contribution in [0.15, 0.2) is 29.2 Å². The summed E-state index contributed by atoms with van der Waals surface area (Å²) in [6.45, 7) is 1.08. The van der Waals surface area contributed by atoms with Crippen LogP contribution in [-0.4, -0.2) is 35.8 Å². The van der Waals surface area contributed by atoms with Gasteiger partial charge in [-0.3, -0.25) is 9.09 Å². The van der Waals surface area contributed by atoms with Crippen LogP contribution in [0.5, 0.6) is 0 Å². The Morgan fingerprint density at radius 1 is 0.964 bits per heavy atom. The Morgan fingerprint density at radius 2 is 1.43 bits per heavy atom. The molecule has 1 unspecified atom stereocenters. The van der Waals surface area contributed by atoms with Crippen molar-refractivity contribution in [2.75, 3.05) is 11.4 Å². The van der Waals surface area contributed by atoms with Gasteiger partial charge in [0.25, 0.3) is 0 Å². The number of halogens is 10. The summed E-state index contributed by atoms with van der Waals surface area (Å²) in [6, 6.07) is 5.42. The molecule has 0 spiro atoms. The largest absolute Gasteiger partial charge is 0.463 e. The van der Waals surface area contributed by atoms with Gasteiger partial charge in [-0.1, -0.05) is 23.9 Å². The average Bonchev–Trinajstić information content (AvgIpc) is 2.89. The highest BCUT2D eigenvalue weighted by molar-refractivity contribution is 8.00. The summed E-state index contributed by atoms with van der Waals surface area (Å²) in [5.41, 5.74) is -16.0. The van der Waals surface area contributed by atoms with Gasteiger partial charge in [0.05, 0.1) is 5.69 Å². The Morgan fingerprint density at radius 3 is 1.86 bits per heavy atom. The second-order valence-corrected chi connectivity index (χ2v) is 8.93. The number of nitrogens with zero attached hydrogens (tertiary/aromatic N) is 1. The molecule has 0 N–H and O–H groups in total. The first kappa shape index (κ1) is 23.1. The number of hydrogen-bond donors (Lipinski definition) is 0. The molecule has 0 bridgehead atoms. The average molecular weight is 465 g/mol. The maximum absolute atomic E-state index is 13.7. The van der Waals surface area contributed by atoms with E-state index in [2.05, 4.69) is 4.52 Å². The van der Waals surface area contributed by atoms with Crippen molar-refractivity contribution in [3.05, 3.63) is 24.3 Å². The minimum absolute atomic E-state index is 0.122. The maximum Gasteiger partial charge on any atom is 0.463 e. The molecule has 15 heteroatoms. The fourth-order valence-electron chi connectivity index (χ4n) is 2.25. The van der Waals surface area contributed by atoms with Crippen molar-refractivity contribution >= 4 is 24.8 Å². The van der Waals surface area contributed by atoms with Crippen molar-refractivity contribution < 1.29 is 53.0 Å². The molecule has 1 heterocycles. The molecular formula is C13H10F10NO2PS. The van der Waals surface area contributed by atoms with Crippen LogP contribution in [0.3, 0.4) is 0 Å². The summed E-state index contributed by atoms with van der Waals surface area (Å²) < 4.78 is 147. The number of anilines is 1. The van der Waals surface area contributed by atoms with Gasteiger partial charge in [0.15, 0.2) is 5.56 Å². The molecule has 28 heavy (non-hydrogen) atoms. The van der Waals surface area contributed by atoms with Crippen LogP contribution in [0.1, 0.15) is 6.92 Å². The van der Waals surface area contributed by atoms with E-state index in [1.54, 1.807) is 0 Å². The minimum atomic E-state index is -8.08. The molecule has 160 valence electrons. The zero-order valence-corrected chi connectivity index (χ0v) is 15.2. The first-order valence-electron chi connectivity index (χ1n) is 7.21. The second kappa shape index (κ2) is 6.98. The van der Waals surface area contributed by atoms with Crippen LogP contribution in [-0.2, 0) is 9.09 Å². The highest BCUT2D eigenvalue weighted by atomic mass is 32.2. The zero-order chi connectivity index (χ0) is 21.8. The molecular weight excluding hydrogens is 455 g/mol. The molecule has 0 fully saturated rings. The lowest BCUT2D eigenvalue weighted by molar-refractivity contribution is -0.272. The van der Waals surface area contributed by atoms with Crippen LogP contribution in [0.2, 0.25) is 0 Å². The Kier molecular flexibility index (Phi) is 5.77. The van der Waals surface area contributed by atoms with Crippen molar-refractivity contribution in [1.82, 2.24) is 0 Å². The van der Waals surface area contributed by atoms with E-state index < -0.39 is 36.6 Å². The van der Waals surface area contributed by atoms with E-state index >= 15 is 0 Å². The van der Waals surface area contributed by atoms with Gasteiger partial charge in [-0.25, -0.2) is 0 Å². The van der Waals surface area contributed by atoms with Crippen LogP contribution in [0.4, 0.5) is 49.6 Å². The van der Waals surface area contributed by atoms with E-state index in [-0.39, 0.29) is 28.9 Å². The number of para-hydroxylation sites is 1. The SMILES string of the molecule is CCN1c2ccccc2SC1OP(=O)(C(F)(F)C(F)(F)F)C(F)(F)C(F)(F)F. The van der Waals surface area contributed by atoms with E-state index in [9.17, 15) is 48.5 Å². The lowest BCUT2D eigenvalue weighted by Crippen LogP contribution is -2.49. The topological polar surface area (TPSA) is 29.5 Å². The lowest BCUT2D eigenvalue weighted by Gasteiger charge is -2.37. The van der Waals surface area contributed by atoms with Crippen molar-refractivity contribution in [3.63, 3.8) is 0 Å². The van der Waals surface area contributed by atoms with Gasteiger partial charge in [-0.2, -0.15) is 43.9 Å². The second-order valence-electron chi connectivity index (χ2n) is 5.41. The van der Waals surface area contributed by atoms with Crippen LogP contribution >= 0.6 is 19.1 Å². The Bertz CT molecular complexity index is 751. The van der Waals surface area contributed by atoms with Crippen molar-refractivity contribution in [2.45, 2.75) is 41.1 Å². The summed E-state index contributed by atoms with van der Waals surface area (Å²) in [6.07, 6.45) is -14.0. The summed E-state index contributed by atoms with van der Waals surface area (Å²) in [7, 11) is -8.08. The molecule has 2 rings (SSSR count). The van der Waals surface area contributed by atoms with Gasteiger partial charge in [-0.05, 0) is 19.1 Å². The summed E-state index contributed by atoms with van der Waals surface area (Å²) >= 11 is 0.279. The van der Waals surface area contributed by atoms with Gasteiger partial charge >= 0.3 is 31.0 Å². The van der Waals surface area contributed by atoms with Crippen molar-refractivity contribution in [2.24, 2.45) is 0 Å². The van der Waals surface area contributed by atoms with E-state index in [1.165, 1.54) is 31.2 Å². The first-order valence-corrected chi connectivity index (χ1v) is 9.71. The summed E-state index contributed by atoms with van der Waals surface area (Å²) in [5.74, 6) is 0. The molecule has 0 radical (unpaired) electrons. The van der Waals surface area contributed by atoms with E-state index in [1.807, 2.05) is 0 Å². The number of alkyl halides is 10. The molecule has 1 aliphatic heterocycles. The van der Waals surface area contributed by atoms with Gasteiger partial charge in [0.1, 0.15) is 0 Å². The van der Waals surface area contributed by atoms with Crippen LogP contribution in [0, 0.1) is 0 Å². The molecule has 0 amide bonds. The molecule has 0 aromatic heterocycles. The number of hydrogen-bond acceptors (Lipinski definition) is 4. The highest BCUT2D eigenvalue weighted by Crippen LogP contribution is 2.78. The van der Waals surface area contributed by atoms with E-state index in [0.29, 0.717) is 0 Å². The zero-order valence-electron chi connectivity index (χ0n) is 13.5. The van der Waals surface area contributed by atoms with Crippen LogP contribution < -0.4 is 4.90 Å². The molecule has 0 aliphatic carbocycles. The third-order valence-electron chi connectivity index (χ3n) is 3.66. The van der Waals surface area contributed by atoms with E-state index in [4.69, 9.17) is 0 Å². The van der Waals surface area contributed by atoms with E-state index in [0.717, 1.165) is 4.90 Å². The predicted molar refractivity (Wildman–Crippen MR) is 79.8 cm³/mol. The Labute approximate surface area is 155 Å². The highest BCUT2D eigenvalue weighted by Gasteiger charge is 2.85. The molecule has 1 aromatic rings. The smallest absolute Gasteiger partial charge is 0.336 e. The summed E-state index contributed by atoms with van der Waals surface area (Å²) in [5, 5.41) is 0. The molecule has 1 atom stereocenters. The fraction of sp³-hybridized carbons (Fsp3) is 0.538. The molecule has 1 aliphatic rings. The lowest BCUT2D eigenvalue weighted by atomic mass is 10.3. The molecule has 0 saturated carbocycles. The Hall–Kier alpha value is -1.14. The normalized spacial score (nSPS) is 19.1. The Balaban J connectivity index is 2.58. The first-order chi connectivity index (χ1) is 12.5. The van der Waals surface area contributed by atoms with Gasteiger partial charge in [0.2, 0.25) is 0 Å². The predicted octanol–water partition coefficient (Wildman–Crippen LogP) is 6.51. The molecule has 3 nitrogen and oxygen atoms in total. The monoisotopic (exact) mass is 465 g/mol. The van der Waals surface area contributed by atoms with Crippen LogP contribution in [0.25, 0.3) is 0 Å². The third kappa shape index (κ3) is 3.36. The van der Waals surface area contributed by atoms with Crippen molar-refractivity contribution in [3.8, 4) is 0 Å². The quantitative estimate of drug-likeness (QED) is 0.367. The van der Waals surface area contributed by atoms with Gasteiger partial charge in [-0.15, -0.1) is 0 Å². The molecule has 0 saturated heterocycles. The number of benzene rings is 1. The summed E-state index contributed by atoms with van der Waals surface area (Å²) in [4.78, 5) is 0.984. The number of thioether (sulfide) groups is 1. The standard InChI is InChI=1S/C13H10F10NO2PS/c1-2-24-7-5-3-4-6-8(7)28-9(24)26-27(25,12(20,21)10(14,15)16)13(22,23)11(17,18)19/h3-6,9H,2H2,1H3. The third-order valence-corrected chi connectivity index (χ3v) is 7.43. The maximum atomic E-state index is 13.7. The van der Waals surface area contributed by atoms with Gasteiger partial charge < -0.3 is 4.90 Å². The van der Waals surface area contributed by atoms with Gasteiger partial charge in [0, 0.05) is 11.4 Å². The van der Waals surface area contributed by atoms with Crippen molar-refractivity contribution in [1.29, 1.82) is 0 Å². The molecule has 1 aromatic carbocycles.